The number of carbonyl (C=O) groups is 1. The number of hydrogen-bond donors (Lipinski definition) is 2. The molecule has 0 bridgehead atoms. The molecule has 2 N–H and O–H groups in total. The van der Waals surface area contributed by atoms with Crippen molar-refractivity contribution >= 4 is 39.2 Å². The lowest BCUT2D eigenvalue weighted by molar-refractivity contribution is -0.119. The Kier molecular flexibility index (Phi) is 6.38. The summed E-state index contributed by atoms with van der Waals surface area (Å²) in [5, 5.41) is 6.41. The molecule has 2 atom stereocenters. The van der Waals surface area contributed by atoms with Crippen LogP contribution >= 0.6 is 11.6 Å². The number of fused-ring (bicyclic) bond motifs is 3. The molecule has 174 valence electrons. The summed E-state index contributed by atoms with van der Waals surface area (Å²) < 4.78 is 0. The normalized spacial score (nSPS) is 18.6. The van der Waals surface area contributed by atoms with Gasteiger partial charge in [-0.25, -0.2) is 4.98 Å². The van der Waals surface area contributed by atoms with Crippen LogP contribution < -0.4 is 10.7 Å². The zero-order valence-corrected chi connectivity index (χ0v) is 20.0. The molecule has 1 aliphatic carbocycles. The highest BCUT2D eigenvalue weighted by molar-refractivity contribution is 6.29. The first-order chi connectivity index (χ1) is 16.5. The molecule has 4 aromatic rings. The molecule has 0 radical (unpaired) electrons. The van der Waals surface area contributed by atoms with Crippen LogP contribution in [0, 0.1) is 0 Å². The first-order valence-electron chi connectivity index (χ1n) is 11.9. The first-order valence-corrected chi connectivity index (χ1v) is 12.3. The van der Waals surface area contributed by atoms with Crippen molar-refractivity contribution in [1.82, 2.24) is 15.3 Å². The van der Waals surface area contributed by atoms with Gasteiger partial charge >= 0.3 is 0 Å². The molecule has 1 amide bonds. The molecule has 1 saturated carbocycles. The van der Waals surface area contributed by atoms with Gasteiger partial charge in [0, 0.05) is 47.6 Å². The van der Waals surface area contributed by atoms with Gasteiger partial charge in [-0.05, 0) is 47.9 Å². The van der Waals surface area contributed by atoms with Crippen molar-refractivity contribution in [2.45, 2.75) is 57.4 Å². The molecule has 0 spiro atoms. The lowest BCUT2D eigenvalue weighted by Gasteiger charge is -2.26. The molecule has 34 heavy (non-hydrogen) atoms. The van der Waals surface area contributed by atoms with E-state index >= 15 is 0 Å². The van der Waals surface area contributed by atoms with Crippen molar-refractivity contribution < 1.29 is 4.79 Å². The van der Waals surface area contributed by atoms with Crippen LogP contribution in [0.25, 0.3) is 21.7 Å². The molecule has 6 heteroatoms. The van der Waals surface area contributed by atoms with Crippen molar-refractivity contribution in [1.29, 1.82) is 0 Å². The average Bonchev–Trinajstić information content (AvgIpc) is 3.06. The Hall–Kier alpha value is -3.18. The van der Waals surface area contributed by atoms with Gasteiger partial charge < -0.3 is 10.3 Å². The number of rotatable bonds is 4. The van der Waals surface area contributed by atoms with E-state index in [9.17, 15) is 9.59 Å². The van der Waals surface area contributed by atoms with Crippen molar-refractivity contribution in [3.8, 4) is 0 Å². The van der Waals surface area contributed by atoms with E-state index in [1.807, 2.05) is 30.5 Å². The molecule has 2 aromatic heterocycles. The second-order valence-electron chi connectivity index (χ2n) is 9.29. The van der Waals surface area contributed by atoms with Crippen LogP contribution in [0.1, 0.15) is 61.6 Å². The number of pyridine rings is 2. The van der Waals surface area contributed by atoms with Crippen molar-refractivity contribution in [2.24, 2.45) is 0 Å². The molecule has 0 aliphatic heterocycles. The molecular weight excluding hydrogens is 446 g/mol. The number of aromatic amines is 1. The molecule has 5 rings (SSSR count). The fourth-order valence-corrected chi connectivity index (χ4v) is 5.53. The summed E-state index contributed by atoms with van der Waals surface area (Å²) in [6, 6.07) is 13.9. The van der Waals surface area contributed by atoms with Crippen LogP contribution in [0.5, 0.6) is 0 Å². The summed E-state index contributed by atoms with van der Waals surface area (Å²) in [7, 11) is 0. The summed E-state index contributed by atoms with van der Waals surface area (Å²) in [6.45, 7) is 1.55. The zero-order chi connectivity index (χ0) is 23.7. The highest BCUT2D eigenvalue weighted by atomic mass is 35.5. The Bertz CT molecular complexity index is 1410. The predicted octanol–water partition coefficient (Wildman–Crippen LogP) is 5.87. The minimum Gasteiger partial charge on any atom is -0.360 e. The largest absolute Gasteiger partial charge is 0.360 e. The lowest BCUT2D eigenvalue weighted by Crippen LogP contribution is -2.39. The van der Waals surface area contributed by atoms with Gasteiger partial charge in [-0.15, -0.1) is 0 Å². The Morgan fingerprint density at radius 3 is 2.65 bits per heavy atom. The maximum atomic E-state index is 13.9. The summed E-state index contributed by atoms with van der Waals surface area (Å²) in [4.78, 5) is 33.4. The van der Waals surface area contributed by atoms with Crippen molar-refractivity contribution in [3.63, 3.8) is 0 Å². The Morgan fingerprint density at radius 2 is 1.88 bits per heavy atom. The third kappa shape index (κ3) is 4.45. The van der Waals surface area contributed by atoms with E-state index in [2.05, 4.69) is 27.4 Å². The summed E-state index contributed by atoms with van der Waals surface area (Å²) in [6.07, 6.45) is 9.37. The number of halogens is 1. The SMILES string of the molecule is CC(=O)NC1CCCCCC1c1c[nH]c2c(cc(Cc3ccc(Cl)nc3)c3ccccc32)c1=O. The molecule has 2 unspecified atom stereocenters. The van der Waals surface area contributed by atoms with Gasteiger partial charge in [0.05, 0.1) is 5.52 Å². The highest BCUT2D eigenvalue weighted by Gasteiger charge is 2.28. The highest BCUT2D eigenvalue weighted by Crippen LogP contribution is 2.33. The van der Waals surface area contributed by atoms with E-state index in [1.54, 1.807) is 19.2 Å². The predicted molar refractivity (Wildman–Crippen MR) is 138 cm³/mol. The van der Waals surface area contributed by atoms with Crippen LogP contribution in [0.15, 0.2) is 59.7 Å². The molecule has 1 aliphatic rings. The quantitative estimate of drug-likeness (QED) is 0.221. The number of nitrogens with one attached hydrogen (secondary N) is 2. The van der Waals surface area contributed by atoms with E-state index in [0.29, 0.717) is 17.0 Å². The minimum atomic E-state index is -0.0426. The van der Waals surface area contributed by atoms with Gasteiger partial charge in [-0.1, -0.05) is 61.2 Å². The van der Waals surface area contributed by atoms with E-state index in [1.165, 1.54) is 0 Å². The van der Waals surface area contributed by atoms with Crippen LogP contribution in [0.4, 0.5) is 0 Å². The number of hydrogen-bond acceptors (Lipinski definition) is 3. The van der Waals surface area contributed by atoms with E-state index in [4.69, 9.17) is 11.6 Å². The number of amides is 1. The smallest absolute Gasteiger partial charge is 0.217 e. The fraction of sp³-hybridized carbons (Fsp3) is 0.321. The van der Waals surface area contributed by atoms with E-state index in [0.717, 1.165) is 65.1 Å². The van der Waals surface area contributed by atoms with Gasteiger partial charge in [0.25, 0.3) is 0 Å². The van der Waals surface area contributed by atoms with Crippen LogP contribution in [0.2, 0.25) is 5.15 Å². The molecule has 0 saturated heterocycles. The molecule has 2 heterocycles. The molecule has 1 fully saturated rings. The van der Waals surface area contributed by atoms with Gasteiger partial charge in [-0.2, -0.15) is 0 Å². The molecule has 5 nitrogen and oxygen atoms in total. The van der Waals surface area contributed by atoms with Gasteiger partial charge in [0.2, 0.25) is 5.91 Å². The van der Waals surface area contributed by atoms with Gasteiger partial charge in [0.1, 0.15) is 5.15 Å². The van der Waals surface area contributed by atoms with Crippen molar-refractivity contribution in [3.05, 3.63) is 86.9 Å². The third-order valence-electron chi connectivity index (χ3n) is 7.00. The van der Waals surface area contributed by atoms with E-state index < -0.39 is 0 Å². The second kappa shape index (κ2) is 9.59. The number of H-pyrrole nitrogens is 1. The van der Waals surface area contributed by atoms with Crippen LogP contribution in [0.3, 0.4) is 0 Å². The number of carbonyl (C=O) groups excluding carboxylic acids is 1. The summed E-state index contributed by atoms with van der Waals surface area (Å²) in [5.41, 5.74) is 3.79. The minimum absolute atomic E-state index is 0.00920. The standard InChI is InChI=1S/C28H28ClN3O2/c1-17(33)32-25-10-4-2-3-8-21(25)24-16-31-27-22-9-6-5-7-20(22)19(14-23(27)28(24)34)13-18-11-12-26(29)30-15-18/h5-7,9,11-12,14-16,21,25H,2-4,8,10,13H2,1H3,(H,31,34)(H,32,33). The van der Waals surface area contributed by atoms with Crippen LogP contribution in [-0.2, 0) is 11.2 Å². The number of nitrogens with zero attached hydrogens (tertiary/aromatic N) is 1. The average molecular weight is 474 g/mol. The van der Waals surface area contributed by atoms with E-state index in [-0.39, 0.29) is 23.3 Å². The third-order valence-corrected chi connectivity index (χ3v) is 7.22. The van der Waals surface area contributed by atoms with Crippen LogP contribution in [-0.4, -0.2) is 21.9 Å². The monoisotopic (exact) mass is 473 g/mol. The zero-order valence-electron chi connectivity index (χ0n) is 19.2. The van der Waals surface area contributed by atoms with Gasteiger partial charge in [-0.3, -0.25) is 9.59 Å². The lowest BCUT2D eigenvalue weighted by atomic mass is 9.86. The molecular formula is C28H28ClN3O2. The van der Waals surface area contributed by atoms with Gasteiger partial charge in [0.15, 0.2) is 5.43 Å². The topological polar surface area (TPSA) is 74.8 Å². The second-order valence-corrected chi connectivity index (χ2v) is 9.68. The fourth-order valence-electron chi connectivity index (χ4n) is 5.42. The molecule has 2 aromatic carbocycles. The maximum absolute atomic E-state index is 13.9. The van der Waals surface area contributed by atoms with Crippen molar-refractivity contribution in [2.75, 3.05) is 0 Å². The maximum Gasteiger partial charge on any atom is 0.217 e. The Balaban J connectivity index is 1.66. The number of aromatic nitrogens is 2. The first kappa shape index (κ1) is 22.6. The number of benzene rings is 2. The Morgan fingerprint density at radius 1 is 1.09 bits per heavy atom. The summed E-state index contributed by atoms with van der Waals surface area (Å²) in [5.74, 6) is -0.0334. The summed E-state index contributed by atoms with van der Waals surface area (Å²) >= 11 is 5.97. The Labute approximate surface area is 203 Å².